The molecule has 0 saturated carbocycles. The van der Waals surface area contributed by atoms with Crippen LogP contribution in [-0.2, 0) is 0 Å². The van der Waals surface area contributed by atoms with Crippen molar-refractivity contribution in [2.45, 2.75) is 13.8 Å². The number of carbonyl (C=O) groups excluding carboxylic acids is 1. The molecule has 0 unspecified atom stereocenters. The third kappa shape index (κ3) is 3.06. The molecule has 0 N–H and O–H groups in total. The maximum atomic E-state index is 12.5. The van der Waals surface area contributed by atoms with Crippen LogP contribution in [0, 0.1) is 25.2 Å². The standard InChI is InChI=1S/C18H19N5O/c1-13-10-17(16(11-19)14(2)21-13)22-6-8-23(9-7-22)18(24)15-4-3-5-20-12-15/h3-5,10,12H,6-9H2,1-2H3. The molecule has 3 rings (SSSR count). The van der Waals surface area contributed by atoms with Gasteiger partial charge in [0.2, 0.25) is 0 Å². The van der Waals surface area contributed by atoms with E-state index in [4.69, 9.17) is 0 Å². The number of aryl methyl sites for hydroxylation is 2. The van der Waals surface area contributed by atoms with Gasteiger partial charge in [0.05, 0.1) is 22.5 Å². The predicted molar refractivity (Wildman–Crippen MR) is 90.8 cm³/mol. The Labute approximate surface area is 141 Å². The summed E-state index contributed by atoms with van der Waals surface area (Å²) in [5, 5.41) is 9.42. The van der Waals surface area contributed by atoms with Crippen LogP contribution in [0.4, 0.5) is 5.69 Å². The molecule has 0 radical (unpaired) electrons. The van der Waals surface area contributed by atoms with Crippen LogP contribution in [0.2, 0.25) is 0 Å². The summed E-state index contributed by atoms with van der Waals surface area (Å²) in [6, 6.07) is 7.76. The Balaban J connectivity index is 1.74. The van der Waals surface area contributed by atoms with Crippen molar-refractivity contribution >= 4 is 11.6 Å². The lowest BCUT2D eigenvalue weighted by molar-refractivity contribution is 0.0746. The van der Waals surface area contributed by atoms with Gasteiger partial charge in [-0.05, 0) is 32.0 Å². The number of aromatic nitrogens is 2. The van der Waals surface area contributed by atoms with Gasteiger partial charge in [-0.25, -0.2) is 0 Å². The predicted octanol–water partition coefficient (Wildman–Crippen LogP) is 1.93. The highest BCUT2D eigenvalue weighted by Gasteiger charge is 2.24. The van der Waals surface area contributed by atoms with Crippen LogP contribution >= 0.6 is 0 Å². The maximum absolute atomic E-state index is 12.5. The fourth-order valence-electron chi connectivity index (χ4n) is 3.02. The number of anilines is 1. The van der Waals surface area contributed by atoms with Crippen LogP contribution in [0.25, 0.3) is 0 Å². The van der Waals surface area contributed by atoms with Crippen LogP contribution in [0.3, 0.4) is 0 Å². The van der Waals surface area contributed by atoms with Gasteiger partial charge in [-0.1, -0.05) is 0 Å². The van der Waals surface area contributed by atoms with Gasteiger partial charge in [-0.2, -0.15) is 5.26 Å². The van der Waals surface area contributed by atoms with E-state index >= 15 is 0 Å². The van der Waals surface area contributed by atoms with Gasteiger partial charge in [0.15, 0.2) is 0 Å². The zero-order chi connectivity index (χ0) is 17.1. The van der Waals surface area contributed by atoms with Gasteiger partial charge in [-0.3, -0.25) is 14.8 Å². The van der Waals surface area contributed by atoms with Crippen LogP contribution < -0.4 is 4.90 Å². The minimum Gasteiger partial charge on any atom is -0.367 e. The van der Waals surface area contributed by atoms with E-state index in [2.05, 4.69) is 20.9 Å². The highest BCUT2D eigenvalue weighted by Crippen LogP contribution is 2.24. The molecule has 0 aromatic carbocycles. The van der Waals surface area contributed by atoms with Gasteiger partial charge in [0.1, 0.15) is 6.07 Å². The maximum Gasteiger partial charge on any atom is 0.255 e. The van der Waals surface area contributed by atoms with E-state index in [9.17, 15) is 10.1 Å². The molecule has 1 aliphatic rings. The third-order valence-electron chi connectivity index (χ3n) is 4.24. The molecule has 1 aliphatic heterocycles. The zero-order valence-electron chi connectivity index (χ0n) is 13.9. The summed E-state index contributed by atoms with van der Waals surface area (Å²) in [5.74, 6) is 0.00495. The molecule has 24 heavy (non-hydrogen) atoms. The Hall–Kier alpha value is -2.94. The summed E-state index contributed by atoms with van der Waals surface area (Å²) >= 11 is 0. The Kier molecular flexibility index (Phi) is 4.43. The minimum atomic E-state index is 0.00495. The Morgan fingerprint density at radius 1 is 1.25 bits per heavy atom. The van der Waals surface area contributed by atoms with Gasteiger partial charge in [0, 0.05) is 44.3 Å². The van der Waals surface area contributed by atoms with Crippen LogP contribution in [0.5, 0.6) is 0 Å². The second-order valence-corrected chi connectivity index (χ2v) is 5.88. The van der Waals surface area contributed by atoms with Gasteiger partial charge >= 0.3 is 0 Å². The van der Waals surface area contributed by atoms with Crippen molar-refractivity contribution in [1.82, 2.24) is 14.9 Å². The number of hydrogen-bond donors (Lipinski definition) is 0. The summed E-state index contributed by atoms with van der Waals surface area (Å²) in [6.45, 7) is 6.43. The number of piperazine rings is 1. The first-order valence-corrected chi connectivity index (χ1v) is 7.92. The lowest BCUT2D eigenvalue weighted by Crippen LogP contribution is -2.49. The molecule has 1 saturated heterocycles. The average Bonchev–Trinajstić information content (AvgIpc) is 2.61. The quantitative estimate of drug-likeness (QED) is 0.845. The monoisotopic (exact) mass is 321 g/mol. The molecule has 0 spiro atoms. The van der Waals surface area contributed by atoms with Crippen molar-refractivity contribution in [2.24, 2.45) is 0 Å². The Bertz CT molecular complexity index is 789. The highest BCUT2D eigenvalue weighted by atomic mass is 16.2. The number of nitrogens with zero attached hydrogens (tertiary/aromatic N) is 5. The molecular weight excluding hydrogens is 302 g/mol. The average molecular weight is 321 g/mol. The summed E-state index contributed by atoms with van der Waals surface area (Å²) in [6.07, 6.45) is 3.25. The fraction of sp³-hybridized carbons (Fsp3) is 0.333. The second-order valence-electron chi connectivity index (χ2n) is 5.88. The molecular formula is C18H19N5O. The van der Waals surface area contributed by atoms with Crippen molar-refractivity contribution in [3.05, 3.63) is 53.1 Å². The number of amides is 1. The Morgan fingerprint density at radius 2 is 2.00 bits per heavy atom. The molecule has 2 aromatic rings. The van der Waals surface area contributed by atoms with Crippen molar-refractivity contribution in [3.8, 4) is 6.07 Å². The van der Waals surface area contributed by atoms with Crippen molar-refractivity contribution in [3.63, 3.8) is 0 Å². The first-order valence-electron chi connectivity index (χ1n) is 7.92. The molecule has 3 heterocycles. The van der Waals surface area contributed by atoms with Crippen molar-refractivity contribution in [1.29, 1.82) is 5.26 Å². The highest BCUT2D eigenvalue weighted by molar-refractivity contribution is 5.94. The molecule has 0 aliphatic carbocycles. The molecule has 6 heteroatoms. The topological polar surface area (TPSA) is 73.1 Å². The first-order chi connectivity index (χ1) is 11.6. The summed E-state index contributed by atoms with van der Waals surface area (Å²) in [5.41, 5.74) is 3.79. The van der Waals surface area contributed by atoms with E-state index in [0.717, 1.165) is 17.1 Å². The molecule has 122 valence electrons. The number of hydrogen-bond acceptors (Lipinski definition) is 5. The fourth-order valence-corrected chi connectivity index (χ4v) is 3.02. The van der Waals surface area contributed by atoms with Crippen LogP contribution in [0.1, 0.15) is 27.3 Å². The van der Waals surface area contributed by atoms with Crippen molar-refractivity contribution in [2.75, 3.05) is 31.1 Å². The molecule has 1 fully saturated rings. The lowest BCUT2D eigenvalue weighted by Gasteiger charge is -2.36. The molecule has 1 amide bonds. The largest absolute Gasteiger partial charge is 0.367 e. The van der Waals surface area contributed by atoms with Gasteiger partial charge < -0.3 is 9.80 Å². The molecule has 2 aromatic heterocycles. The Morgan fingerprint density at radius 3 is 2.62 bits per heavy atom. The second kappa shape index (κ2) is 6.67. The van der Waals surface area contributed by atoms with E-state index in [1.165, 1.54) is 0 Å². The van der Waals surface area contributed by atoms with E-state index < -0.39 is 0 Å². The first kappa shape index (κ1) is 15.9. The van der Waals surface area contributed by atoms with E-state index in [1.807, 2.05) is 24.8 Å². The molecule has 6 nitrogen and oxygen atoms in total. The number of carbonyl (C=O) groups is 1. The van der Waals surface area contributed by atoms with Gasteiger partial charge in [-0.15, -0.1) is 0 Å². The van der Waals surface area contributed by atoms with Gasteiger partial charge in [0.25, 0.3) is 5.91 Å². The van der Waals surface area contributed by atoms with Crippen LogP contribution in [0.15, 0.2) is 30.6 Å². The zero-order valence-corrected chi connectivity index (χ0v) is 13.9. The van der Waals surface area contributed by atoms with Crippen LogP contribution in [-0.4, -0.2) is 47.0 Å². The SMILES string of the molecule is Cc1cc(N2CCN(C(=O)c3cccnc3)CC2)c(C#N)c(C)n1. The van der Waals surface area contributed by atoms with E-state index in [0.29, 0.717) is 37.3 Å². The summed E-state index contributed by atoms with van der Waals surface area (Å²) in [7, 11) is 0. The van der Waals surface area contributed by atoms with E-state index in [-0.39, 0.29) is 5.91 Å². The number of pyridine rings is 2. The molecule has 0 atom stereocenters. The summed E-state index contributed by atoms with van der Waals surface area (Å²) in [4.78, 5) is 24.8. The number of nitriles is 1. The normalized spacial score (nSPS) is 14.4. The number of rotatable bonds is 2. The smallest absolute Gasteiger partial charge is 0.255 e. The minimum absolute atomic E-state index is 0.00495. The summed E-state index contributed by atoms with van der Waals surface area (Å²) < 4.78 is 0. The van der Waals surface area contributed by atoms with Crippen molar-refractivity contribution < 1.29 is 4.79 Å². The van der Waals surface area contributed by atoms with E-state index in [1.54, 1.807) is 24.5 Å². The third-order valence-corrected chi connectivity index (χ3v) is 4.24. The molecule has 0 bridgehead atoms. The lowest BCUT2D eigenvalue weighted by atomic mass is 10.1.